The van der Waals surface area contributed by atoms with Crippen LogP contribution in [0.15, 0.2) is 6.20 Å². The molecule has 0 aromatic carbocycles. The fourth-order valence-corrected chi connectivity index (χ4v) is 1.02. The van der Waals surface area contributed by atoms with Gasteiger partial charge in [0.15, 0.2) is 0 Å². The molecule has 5 heteroatoms. The Morgan fingerprint density at radius 1 is 1.71 bits per heavy atom. The van der Waals surface area contributed by atoms with Gasteiger partial charge in [-0.3, -0.25) is 4.79 Å². The lowest BCUT2D eigenvalue weighted by molar-refractivity contribution is -0.139. The standard InChI is InChI=1S/C9H15N3O2/c1-4-7(2)12-6-8(10-11-12)5-9(13)14-3/h6-7H,4-5H2,1-3H3. The quantitative estimate of drug-likeness (QED) is 0.675. The van der Waals surface area contributed by atoms with Gasteiger partial charge in [-0.05, 0) is 13.3 Å². The minimum Gasteiger partial charge on any atom is -0.469 e. The van der Waals surface area contributed by atoms with Crippen LogP contribution in [0.2, 0.25) is 0 Å². The van der Waals surface area contributed by atoms with Crippen LogP contribution in [0.4, 0.5) is 0 Å². The van der Waals surface area contributed by atoms with Gasteiger partial charge in [0, 0.05) is 6.20 Å². The molecule has 1 rings (SSSR count). The first kappa shape index (κ1) is 10.7. The van der Waals surface area contributed by atoms with Crippen molar-refractivity contribution in [1.82, 2.24) is 15.0 Å². The lowest BCUT2D eigenvalue weighted by Gasteiger charge is -2.05. The maximum absolute atomic E-state index is 10.9. The van der Waals surface area contributed by atoms with Gasteiger partial charge in [-0.25, -0.2) is 4.68 Å². The summed E-state index contributed by atoms with van der Waals surface area (Å²) in [6.07, 6.45) is 2.96. The van der Waals surface area contributed by atoms with Crippen molar-refractivity contribution in [2.45, 2.75) is 32.7 Å². The number of rotatable bonds is 4. The first-order chi connectivity index (χ1) is 6.67. The molecule has 1 atom stereocenters. The van der Waals surface area contributed by atoms with E-state index in [4.69, 9.17) is 0 Å². The second-order valence-electron chi connectivity index (χ2n) is 3.20. The SMILES string of the molecule is CCC(C)n1cc(CC(=O)OC)nn1. The fourth-order valence-electron chi connectivity index (χ4n) is 1.02. The van der Waals surface area contributed by atoms with E-state index in [1.807, 2.05) is 0 Å². The predicted molar refractivity (Wildman–Crippen MR) is 50.7 cm³/mol. The number of carbonyl (C=O) groups excluding carboxylic acids is 1. The summed E-state index contributed by atoms with van der Waals surface area (Å²) in [5.41, 5.74) is 0.650. The largest absolute Gasteiger partial charge is 0.469 e. The molecule has 0 aliphatic rings. The number of nitrogens with zero attached hydrogens (tertiary/aromatic N) is 3. The Labute approximate surface area is 83.1 Å². The summed E-state index contributed by atoms with van der Waals surface area (Å²) in [5, 5.41) is 7.82. The number of carbonyl (C=O) groups is 1. The highest BCUT2D eigenvalue weighted by atomic mass is 16.5. The topological polar surface area (TPSA) is 57.0 Å². The van der Waals surface area contributed by atoms with Crippen molar-refractivity contribution in [3.05, 3.63) is 11.9 Å². The second-order valence-corrected chi connectivity index (χ2v) is 3.20. The molecule has 5 nitrogen and oxygen atoms in total. The molecule has 0 fully saturated rings. The van der Waals surface area contributed by atoms with E-state index in [1.54, 1.807) is 10.9 Å². The van der Waals surface area contributed by atoms with Gasteiger partial charge in [-0.1, -0.05) is 12.1 Å². The van der Waals surface area contributed by atoms with E-state index in [2.05, 4.69) is 28.9 Å². The molecule has 1 aromatic heterocycles. The molecule has 0 aliphatic carbocycles. The van der Waals surface area contributed by atoms with Gasteiger partial charge in [0.1, 0.15) is 0 Å². The summed E-state index contributed by atoms with van der Waals surface area (Å²) in [6.45, 7) is 4.13. The molecule has 0 saturated heterocycles. The molecule has 78 valence electrons. The zero-order chi connectivity index (χ0) is 10.6. The lowest BCUT2D eigenvalue weighted by Crippen LogP contribution is -2.05. The summed E-state index contributed by atoms with van der Waals surface area (Å²) in [6, 6.07) is 0.314. The van der Waals surface area contributed by atoms with Crippen molar-refractivity contribution in [3.8, 4) is 0 Å². The molecule has 1 unspecified atom stereocenters. The Kier molecular flexibility index (Phi) is 3.62. The molecule has 1 heterocycles. The number of ether oxygens (including phenoxy) is 1. The van der Waals surface area contributed by atoms with Crippen LogP contribution in [0.1, 0.15) is 32.0 Å². The maximum Gasteiger partial charge on any atom is 0.311 e. The average molecular weight is 197 g/mol. The molecule has 0 bridgehead atoms. The highest BCUT2D eigenvalue weighted by Gasteiger charge is 2.09. The monoisotopic (exact) mass is 197 g/mol. The number of aromatic nitrogens is 3. The third-order valence-electron chi connectivity index (χ3n) is 2.15. The molecular formula is C9H15N3O2. The predicted octanol–water partition coefficient (Wildman–Crippen LogP) is 0.965. The molecule has 0 radical (unpaired) electrons. The van der Waals surface area contributed by atoms with Crippen LogP contribution in [-0.2, 0) is 16.0 Å². The summed E-state index contributed by atoms with van der Waals surface area (Å²) in [7, 11) is 1.36. The summed E-state index contributed by atoms with van der Waals surface area (Å²) >= 11 is 0. The maximum atomic E-state index is 10.9. The molecule has 0 N–H and O–H groups in total. The van der Waals surface area contributed by atoms with E-state index < -0.39 is 0 Å². The van der Waals surface area contributed by atoms with Crippen molar-refractivity contribution in [2.24, 2.45) is 0 Å². The van der Waals surface area contributed by atoms with E-state index in [9.17, 15) is 4.79 Å². The van der Waals surface area contributed by atoms with Crippen molar-refractivity contribution >= 4 is 5.97 Å². The van der Waals surface area contributed by atoms with Crippen LogP contribution in [-0.4, -0.2) is 28.1 Å². The summed E-state index contributed by atoms with van der Waals surface area (Å²) < 4.78 is 6.30. The van der Waals surface area contributed by atoms with Gasteiger partial charge >= 0.3 is 5.97 Å². The highest BCUT2D eigenvalue weighted by molar-refractivity contribution is 5.71. The van der Waals surface area contributed by atoms with Crippen molar-refractivity contribution < 1.29 is 9.53 Å². The van der Waals surface area contributed by atoms with E-state index in [1.165, 1.54) is 7.11 Å². The average Bonchev–Trinajstić information content (AvgIpc) is 2.65. The molecule has 0 amide bonds. The molecule has 0 aliphatic heterocycles. The Balaban J connectivity index is 2.63. The summed E-state index contributed by atoms with van der Waals surface area (Å²) in [5.74, 6) is -0.291. The Hall–Kier alpha value is -1.39. The zero-order valence-corrected chi connectivity index (χ0v) is 8.73. The van der Waals surface area contributed by atoms with Crippen molar-refractivity contribution in [2.75, 3.05) is 7.11 Å². The molecular weight excluding hydrogens is 182 g/mol. The Morgan fingerprint density at radius 2 is 2.43 bits per heavy atom. The first-order valence-electron chi connectivity index (χ1n) is 4.64. The third-order valence-corrected chi connectivity index (χ3v) is 2.15. The molecule has 0 saturated carbocycles. The lowest BCUT2D eigenvalue weighted by atomic mass is 10.2. The minimum atomic E-state index is -0.291. The van der Waals surface area contributed by atoms with Gasteiger partial charge in [0.25, 0.3) is 0 Å². The van der Waals surface area contributed by atoms with E-state index >= 15 is 0 Å². The van der Waals surface area contributed by atoms with Crippen LogP contribution in [0, 0.1) is 0 Å². The van der Waals surface area contributed by atoms with Crippen molar-refractivity contribution in [3.63, 3.8) is 0 Å². The van der Waals surface area contributed by atoms with Gasteiger partial charge < -0.3 is 4.74 Å². The van der Waals surface area contributed by atoms with Crippen LogP contribution < -0.4 is 0 Å². The second kappa shape index (κ2) is 4.74. The first-order valence-corrected chi connectivity index (χ1v) is 4.64. The number of methoxy groups -OCH3 is 1. The molecule has 14 heavy (non-hydrogen) atoms. The van der Waals surface area contributed by atoms with Gasteiger partial charge in [-0.15, -0.1) is 5.10 Å². The van der Waals surface area contributed by atoms with Crippen LogP contribution >= 0.6 is 0 Å². The number of esters is 1. The van der Waals surface area contributed by atoms with Gasteiger partial charge in [0.05, 0.1) is 25.3 Å². The Morgan fingerprint density at radius 3 is 3.00 bits per heavy atom. The van der Waals surface area contributed by atoms with Gasteiger partial charge in [-0.2, -0.15) is 0 Å². The van der Waals surface area contributed by atoms with E-state index in [-0.39, 0.29) is 12.4 Å². The summed E-state index contributed by atoms with van der Waals surface area (Å²) in [4.78, 5) is 10.9. The smallest absolute Gasteiger partial charge is 0.311 e. The van der Waals surface area contributed by atoms with Crippen molar-refractivity contribution in [1.29, 1.82) is 0 Å². The van der Waals surface area contributed by atoms with Crippen LogP contribution in [0.25, 0.3) is 0 Å². The van der Waals surface area contributed by atoms with Crippen LogP contribution in [0.3, 0.4) is 0 Å². The zero-order valence-electron chi connectivity index (χ0n) is 8.73. The highest BCUT2D eigenvalue weighted by Crippen LogP contribution is 2.08. The molecule has 0 spiro atoms. The number of hydrogen-bond acceptors (Lipinski definition) is 4. The number of hydrogen-bond donors (Lipinski definition) is 0. The normalized spacial score (nSPS) is 12.5. The molecule has 1 aromatic rings. The fraction of sp³-hybridized carbons (Fsp3) is 0.667. The van der Waals surface area contributed by atoms with E-state index in [0.29, 0.717) is 11.7 Å². The Bertz CT molecular complexity index is 309. The van der Waals surface area contributed by atoms with E-state index in [0.717, 1.165) is 6.42 Å². The third kappa shape index (κ3) is 2.55. The van der Waals surface area contributed by atoms with Crippen LogP contribution in [0.5, 0.6) is 0 Å². The minimum absolute atomic E-state index is 0.187. The van der Waals surface area contributed by atoms with Gasteiger partial charge in [0.2, 0.25) is 0 Å².